The van der Waals surface area contributed by atoms with Crippen LogP contribution in [0.15, 0.2) is 30.7 Å². The number of hydrogen-bond acceptors (Lipinski definition) is 3. The molecule has 0 aliphatic carbocycles. The molecule has 0 aliphatic heterocycles. The third-order valence-corrected chi connectivity index (χ3v) is 3.83. The predicted octanol–water partition coefficient (Wildman–Crippen LogP) is 2.18. The third kappa shape index (κ3) is 2.47. The summed E-state index contributed by atoms with van der Waals surface area (Å²) >= 11 is 0. The summed E-state index contributed by atoms with van der Waals surface area (Å²) < 4.78 is 3.71. The molecule has 0 saturated heterocycles. The molecule has 0 bridgehead atoms. The van der Waals surface area contributed by atoms with Crippen LogP contribution in [0.4, 0.5) is 0 Å². The maximum Gasteiger partial charge on any atom is 0.251 e. The Kier molecular flexibility index (Phi) is 3.44. The lowest BCUT2D eigenvalue weighted by Crippen LogP contribution is -2.27. The quantitative estimate of drug-likeness (QED) is 0.806. The molecule has 6 nitrogen and oxygen atoms in total. The Labute approximate surface area is 128 Å². The van der Waals surface area contributed by atoms with Gasteiger partial charge in [0.2, 0.25) is 0 Å². The van der Waals surface area contributed by atoms with Crippen molar-refractivity contribution in [2.75, 3.05) is 0 Å². The maximum atomic E-state index is 12.4. The van der Waals surface area contributed by atoms with Crippen molar-refractivity contribution in [3.05, 3.63) is 53.2 Å². The number of aryl methyl sites for hydroxylation is 3. The summed E-state index contributed by atoms with van der Waals surface area (Å²) in [7, 11) is 1.87. The molecule has 3 heterocycles. The Morgan fingerprint density at radius 3 is 2.82 bits per heavy atom. The summed E-state index contributed by atoms with van der Waals surface area (Å²) in [4.78, 5) is 16.7. The molecule has 1 atom stereocenters. The summed E-state index contributed by atoms with van der Waals surface area (Å²) in [6, 6.07) is 3.50. The molecule has 1 amide bonds. The van der Waals surface area contributed by atoms with Gasteiger partial charge in [0.15, 0.2) is 0 Å². The van der Waals surface area contributed by atoms with Crippen LogP contribution in [0.3, 0.4) is 0 Å². The topological polar surface area (TPSA) is 64.2 Å². The second-order valence-corrected chi connectivity index (χ2v) is 5.58. The van der Waals surface area contributed by atoms with Crippen molar-refractivity contribution in [3.63, 3.8) is 0 Å². The average molecular weight is 297 g/mol. The first-order valence-electron chi connectivity index (χ1n) is 7.20. The first-order valence-corrected chi connectivity index (χ1v) is 7.20. The van der Waals surface area contributed by atoms with Crippen molar-refractivity contribution < 1.29 is 4.79 Å². The van der Waals surface area contributed by atoms with Gasteiger partial charge in [-0.3, -0.25) is 9.48 Å². The molecule has 3 aromatic heterocycles. The average Bonchev–Trinajstić information content (AvgIpc) is 3.01. The number of hydrogen-bond donors (Lipinski definition) is 1. The highest BCUT2D eigenvalue weighted by Crippen LogP contribution is 2.16. The molecular formula is C16H19N5O. The molecule has 0 aromatic carbocycles. The van der Waals surface area contributed by atoms with Gasteiger partial charge in [0.05, 0.1) is 11.7 Å². The number of aromatic nitrogens is 4. The van der Waals surface area contributed by atoms with Crippen LogP contribution < -0.4 is 5.32 Å². The highest BCUT2D eigenvalue weighted by atomic mass is 16.1. The fourth-order valence-corrected chi connectivity index (χ4v) is 2.65. The number of nitrogens with zero attached hydrogens (tertiary/aromatic N) is 4. The van der Waals surface area contributed by atoms with Gasteiger partial charge < -0.3 is 9.72 Å². The van der Waals surface area contributed by atoms with Crippen LogP contribution in [-0.4, -0.2) is 25.1 Å². The van der Waals surface area contributed by atoms with E-state index in [9.17, 15) is 4.79 Å². The molecule has 0 saturated carbocycles. The zero-order valence-corrected chi connectivity index (χ0v) is 13.2. The number of pyridine rings is 1. The first kappa shape index (κ1) is 14.3. The van der Waals surface area contributed by atoms with E-state index in [4.69, 9.17) is 0 Å². The fourth-order valence-electron chi connectivity index (χ4n) is 2.65. The van der Waals surface area contributed by atoms with Crippen LogP contribution in [0.1, 0.15) is 40.3 Å². The van der Waals surface area contributed by atoms with E-state index in [2.05, 4.69) is 15.4 Å². The van der Waals surface area contributed by atoms with E-state index in [1.807, 2.05) is 44.6 Å². The molecule has 6 heteroatoms. The lowest BCUT2D eigenvalue weighted by molar-refractivity contribution is 0.0940. The molecule has 0 spiro atoms. The molecule has 1 unspecified atom stereocenters. The van der Waals surface area contributed by atoms with Gasteiger partial charge in [-0.25, -0.2) is 4.98 Å². The fraction of sp³-hybridized carbons (Fsp3) is 0.312. The van der Waals surface area contributed by atoms with Crippen LogP contribution in [0.25, 0.3) is 5.65 Å². The van der Waals surface area contributed by atoms with Gasteiger partial charge in [-0.05, 0) is 32.9 Å². The third-order valence-electron chi connectivity index (χ3n) is 3.83. The van der Waals surface area contributed by atoms with E-state index in [0.29, 0.717) is 5.56 Å². The van der Waals surface area contributed by atoms with E-state index in [-0.39, 0.29) is 11.9 Å². The number of nitrogens with one attached hydrogen (secondary N) is 1. The monoisotopic (exact) mass is 297 g/mol. The number of rotatable bonds is 3. The van der Waals surface area contributed by atoms with Gasteiger partial charge >= 0.3 is 0 Å². The molecular weight excluding hydrogens is 278 g/mol. The largest absolute Gasteiger partial charge is 0.345 e. The normalized spacial score (nSPS) is 12.5. The Morgan fingerprint density at radius 1 is 1.36 bits per heavy atom. The van der Waals surface area contributed by atoms with Crippen molar-refractivity contribution >= 4 is 11.6 Å². The summed E-state index contributed by atoms with van der Waals surface area (Å²) in [6.45, 7) is 5.88. The van der Waals surface area contributed by atoms with Gasteiger partial charge in [-0.15, -0.1) is 0 Å². The Balaban J connectivity index is 1.82. The zero-order chi connectivity index (χ0) is 15.9. The van der Waals surface area contributed by atoms with Gasteiger partial charge in [-0.1, -0.05) is 0 Å². The minimum atomic E-state index is -0.112. The van der Waals surface area contributed by atoms with Crippen LogP contribution in [0.5, 0.6) is 0 Å². The van der Waals surface area contributed by atoms with Crippen LogP contribution in [-0.2, 0) is 7.05 Å². The second-order valence-electron chi connectivity index (χ2n) is 5.58. The number of carbonyl (C=O) groups is 1. The number of carbonyl (C=O) groups excluding carboxylic acids is 1. The number of fused-ring (bicyclic) bond motifs is 1. The molecule has 0 radical (unpaired) electrons. The number of imidazole rings is 1. The molecule has 22 heavy (non-hydrogen) atoms. The zero-order valence-electron chi connectivity index (χ0n) is 13.2. The highest BCUT2D eigenvalue weighted by molar-refractivity contribution is 5.95. The van der Waals surface area contributed by atoms with Gasteiger partial charge in [0.25, 0.3) is 5.91 Å². The minimum Gasteiger partial charge on any atom is -0.345 e. The van der Waals surface area contributed by atoms with Crippen molar-refractivity contribution in [2.45, 2.75) is 26.8 Å². The summed E-state index contributed by atoms with van der Waals surface area (Å²) in [5.74, 6) is -0.112. The maximum absolute atomic E-state index is 12.4. The van der Waals surface area contributed by atoms with Crippen LogP contribution in [0.2, 0.25) is 0 Å². The van der Waals surface area contributed by atoms with Crippen LogP contribution >= 0.6 is 0 Å². The predicted molar refractivity (Wildman–Crippen MR) is 83.8 cm³/mol. The molecule has 0 fully saturated rings. The van der Waals surface area contributed by atoms with E-state index in [1.54, 1.807) is 23.0 Å². The molecule has 114 valence electrons. The summed E-state index contributed by atoms with van der Waals surface area (Å²) in [5, 5.41) is 7.32. The van der Waals surface area contributed by atoms with E-state index >= 15 is 0 Å². The van der Waals surface area contributed by atoms with E-state index in [1.165, 1.54) is 0 Å². The molecule has 3 aromatic rings. The van der Waals surface area contributed by atoms with Gasteiger partial charge in [0, 0.05) is 42.5 Å². The number of amides is 1. The molecule has 3 rings (SSSR count). The van der Waals surface area contributed by atoms with Crippen LogP contribution in [0, 0.1) is 13.8 Å². The van der Waals surface area contributed by atoms with Gasteiger partial charge in [-0.2, -0.15) is 5.10 Å². The van der Waals surface area contributed by atoms with Gasteiger partial charge in [0.1, 0.15) is 5.65 Å². The Morgan fingerprint density at radius 2 is 2.14 bits per heavy atom. The lowest BCUT2D eigenvalue weighted by atomic mass is 10.1. The SMILES string of the molecule is Cc1nn(C)cc1C(C)NC(=O)c1ccn2c(C)cnc2c1. The second kappa shape index (κ2) is 5.29. The summed E-state index contributed by atoms with van der Waals surface area (Å²) in [5.41, 5.74) is 4.37. The summed E-state index contributed by atoms with van der Waals surface area (Å²) in [6.07, 6.45) is 5.59. The van der Waals surface area contributed by atoms with Crippen molar-refractivity contribution in [2.24, 2.45) is 7.05 Å². The van der Waals surface area contributed by atoms with Crippen molar-refractivity contribution in [3.8, 4) is 0 Å². The minimum absolute atomic E-state index is 0.0982. The van der Waals surface area contributed by atoms with Crippen molar-refractivity contribution in [1.29, 1.82) is 0 Å². The Bertz CT molecular complexity index is 845. The first-order chi connectivity index (χ1) is 10.5. The smallest absolute Gasteiger partial charge is 0.251 e. The van der Waals surface area contributed by atoms with E-state index < -0.39 is 0 Å². The lowest BCUT2D eigenvalue weighted by Gasteiger charge is -2.13. The van der Waals surface area contributed by atoms with Crippen molar-refractivity contribution in [1.82, 2.24) is 24.5 Å². The highest BCUT2D eigenvalue weighted by Gasteiger charge is 2.16. The Hall–Kier alpha value is -2.63. The molecule has 0 aliphatic rings. The van der Waals surface area contributed by atoms with E-state index in [0.717, 1.165) is 22.6 Å². The molecule has 1 N–H and O–H groups in total. The standard InChI is InChI=1S/C16H19N5O/c1-10-8-17-15-7-13(5-6-21(10)15)16(22)18-11(2)14-9-20(4)19-12(14)3/h5-9,11H,1-4H3,(H,18,22).